The highest BCUT2D eigenvalue weighted by Gasteiger charge is 2.34. The zero-order valence-electron chi connectivity index (χ0n) is 23.9. The van der Waals surface area contributed by atoms with Crippen molar-refractivity contribution in [3.8, 4) is 39.5 Å². The van der Waals surface area contributed by atoms with Gasteiger partial charge in [-0.05, 0) is 70.5 Å². The van der Waals surface area contributed by atoms with E-state index in [0.29, 0.717) is 11.9 Å². The molecule has 2 bridgehead atoms. The molecular weight excluding hydrogens is 536 g/mol. The molecule has 2 aliphatic rings. The highest BCUT2D eigenvalue weighted by atomic mass is 15.2. The first-order valence-electron chi connectivity index (χ1n) is 15.3. The second-order valence-corrected chi connectivity index (χ2v) is 11.9. The first-order chi connectivity index (χ1) is 21.8. The summed E-state index contributed by atoms with van der Waals surface area (Å²) in [5, 5.41) is 2.44. The van der Waals surface area contributed by atoms with E-state index in [2.05, 4.69) is 108 Å². The third-order valence-corrected chi connectivity index (χ3v) is 9.67. The third kappa shape index (κ3) is 3.20. The molecule has 0 amide bonds. The van der Waals surface area contributed by atoms with Crippen molar-refractivity contribution in [2.24, 2.45) is 0 Å². The summed E-state index contributed by atoms with van der Waals surface area (Å²) in [6.07, 6.45) is 3.94. The van der Waals surface area contributed by atoms with Gasteiger partial charge in [-0.25, -0.2) is 9.97 Å². The number of benzene rings is 5. The van der Waals surface area contributed by atoms with E-state index in [1.54, 1.807) is 0 Å². The molecule has 1 unspecified atom stereocenters. The molecule has 4 heteroatoms. The van der Waals surface area contributed by atoms with Crippen molar-refractivity contribution in [1.82, 2.24) is 19.5 Å². The molecular formula is C40H26N4. The summed E-state index contributed by atoms with van der Waals surface area (Å²) >= 11 is 0. The maximum Gasteiger partial charge on any atom is 0.235 e. The summed E-state index contributed by atoms with van der Waals surface area (Å²) in [5.41, 5.74) is 15.4. The van der Waals surface area contributed by atoms with Crippen LogP contribution in [0.4, 0.5) is 0 Å². The normalized spacial score (nSPS) is 14.9. The fourth-order valence-corrected chi connectivity index (χ4v) is 7.86. The van der Waals surface area contributed by atoms with Gasteiger partial charge >= 0.3 is 0 Å². The lowest BCUT2D eigenvalue weighted by atomic mass is 9.80. The van der Waals surface area contributed by atoms with Crippen molar-refractivity contribution in [3.63, 3.8) is 0 Å². The van der Waals surface area contributed by atoms with Gasteiger partial charge in [-0.1, -0.05) is 97.1 Å². The van der Waals surface area contributed by atoms with Crippen LogP contribution in [0, 0.1) is 0 Å². The Labute approximate surface area is 254 Å². The molecule has 4 nitrogen and oxygen atoms in total. The van der Waals surface area contributed by atoms with Crippen LogP contribution in [0.25, 0.3) is 72.3 Å². The first kappa shape index (κ1) is 23.9. The molecule has 44 heavy (non-hydrogen) atoms. The largest absolute Gasteiger partial charge is 0.277 e. The second kappa shape index (κ2) is 8.95. The van der Waals surface area contributed by atoms with Gasteiger partial charge in [0.1, 0.15) is 11.2 Å². The fraction of sp³-hybridized carbons (Fsp3) is 0.0750. The van der Waals surface area contributed by atoms with Gasteiger partial charge < -0.3 is 0 Å². The van der Waals surface area contributed by atoms with E-state index < -0.39 is 0 Å². The van der Waals surface area contributed by atoms with Crippen LogP contribution in [0.2, 0.25) is 0 Å². The minimum Gasteiger partial charge on any atom is -0.277 e. The Hall–Kier alpha value is -5.61. The van der Waals surface area contributed by atoms with Gasteiger partial charge in [0.05, 0.1) is 16.6 Å². The molecule has 0 spiro atoms. The Balaban J connectivity index is 1.41. The van der Waals surface area contributed by atoms with Gasteiger partial charge in [0.25, 0.3) is 0 Å². The predicted octanol–water partition coefficient (Wildman–Crippen LogP) is 9.51. The molecule has 1 atom stereocenters. The zero-order valence-corrected chi connectivity index (χ0v) is 23.9. The molecule has 0 N–H and O–H groups in total. The predicted molar refractivity (Wildman–Crippen MR) is 178 cm³/mol. The quantitative estimate of drug-likeness (QED) is 0.211. The van der Waals surface area contributed by atoms with E-state index in [1.807, 2.05) is 24.4 Å². The summed E-state index contributed by atoms with van der Waals surface area (Å²) in [4.78, 5) is 15.3. The van der Waals surface area contributed by atoms with Crippen LogP contribution in [-0.2, 0) is 6.42 Å². The topological polar surface area (TPSA) is 43.6 Å². The van der Waals surface area contributed by atoms with Crippen LogP contribution >= 0.6 is 0 Å². The fourth-order valence-electron chi connectivity index (χ4n) is 7.86. The third-order valence-electron chi connectivity index (χ3n) is 9.67. The van der Waals surface area contributed by atoms with E-state index in [1.165, 1.54) is 55.2 Å². The van der Waals surface area contributed by atoms with E-state index in [-0.39, 0.29) is 0 Å². The van der Waals surface area contributed by atoms with Gasteiger partial charge in [0.2, 0.25) is 5.95 Å². The average Bonchev–Trinajstić information content (AvgIpc) is 3.20. The van der Waals surface area contributed by atoms with Crippen LogP contribution in [0.15, 0.2) is 128 Å². The summed E-state index contributed by atoms with van der Waals surface area (Å²) in [6.45, 7) is 0. The Bertz CT molecular complexity index is 2460. The number of hydrogen-bond acceptors (Lipinski definition) is 3. The molecule has 8 aromatic rings. The highest BCUT2D eigenvalue weighted by molar-refractivity contribution is 6.17. The number of fused-ring (bicyclic) bond motifs is 13. The number of rotatable bonds is 2. The van der Waals surface area contributed by atoms with Gasteiger partial charge in [0.15, 0.2) is 0 Å². The van der Waals surface area contributed by atoms with E-state index >= 15 is 0 Å². The molecule has 0 saturated heterocycles. The van der Waals surface area contributed by atoms with Crippen molar-refractivity contribution in [2.75, 3.05) is 0 Å². The van der Waals surface area contributed by atoms with Crippen LogP contribution in [-0.4, -0.2) is 19.5 Å². The number of hydrogen-bond donors (Lipinski definition) is 0. The number of nitrogens with zero attached hydrogens (tertiary/aromatic N) is 4. The van der Waals surface area contributed by atoms with Crippen LogP contribution in [0.1, 0.15) is 29.0 Å². The monoisotopic (exact) mass is 562 g/mol. The van der Waals surface area contributed by atoms with E-state index in [9.17, 15) is 0 Å². The summed E-state index contributed by atoms with van der Waals surface area (Å²) in [5.74, 6) is 1.02. The number of aromatic nitrogens is 4. The number of para-hydroxylation sites is 1. The van der Waals surface area contributed by atoms with Crippen molar-refractivity contribution < 1.29 is 0 Å². The number of pyridine rings is 1. The van der Waals surface area contributed by atoms with Gasteiger partial charge in [-0.2, -0.15) is 0 Å². The molecule has 0 saturated carbocycles. The lowest BCUT2D eigenvalue weighted by Crippen LogP contribution is -2.07. The van der Waals surface area contributed by atoms with Gasteiger partial charge in [-0.3, -0.25) is 9.55 Å². The summed E-state index contributed by atoms with van der Waals surface area (Å²) < 4.78 is 2.32. The molecule has 5 aromatic carbocycles. The molecule has 3 heterocycles. The van der Waals surface area contributed by atoms with Crippen molar-refractivity contribution >= 4 is 32.8 Å². The standard InChI is InChI=1S/C40H26N4/c1-2-11-24(12-3-1)37-38-34(18-10-22-41-38)42-40(43-37)44-35-19-9-8-16-29(35)33-23-32-27-15-5-4-13-25(27)28-20-21-31(32)36(39(33)44)30-17-7-6-14-26(28)30/h1-19,22-23,28H,20-21H2. The summed E-state index contributed by atoms with van der Waals surface area (Å²) in [7, 11) is 0. The van der Waals surface area contributed by atoms with Gasteiger partial charge in [0, 0.05) is 34.0 Å². The SMILES string of the molecule is c1ccc(-c2nc(-n3c4ccccc4c4cc5c6c(c43)-c3ccccc3C(CC6)c3ccccc3-5)nc3cccnc23)cc1. The lowest BCUT2D eigenvalue weighted by molar-refractivity contribution is 0.736. The average molecular weight is 563 g/mol. The molecule has 0 aliphatic heterocycles. The van der Waals surface area contributed by atoms with Crippen LogP contribution in [0.5, 0.6) is 0 Å². The molecule has 3 aromatic heterocycles. The van der Waals surface area contributed by atoms with Crippen LogP contribution < -0.4 is 0 Å². The molecule has 206 valence electrons. The van der Waals surface area contributed by atoms with Crippen LogP contribution in [0.3, 0.4) is 0 Å². The molecule has 0 radical (unpaired) electrons. The smallest absolute Gasteiger partial charge is 0.235 e. The maximum absolute atomic E-state index is 5.32. The molecule has 0 fully saturated rings. The van der Waals surface area contributed by atoms with Crippen molar-refractivity contribution in [3.05, 3.63) is 144 Å². The first-order valence-corrected chi connectivity index (χ1v) is 15.3. The Morgan fingerprint density at radius 1 is 0.636 bits per heavy atom. The minimum atomic E-state index is 0.354. The van der Waals surface area contributed by atoms with Gasteiger partial charge in [-0.15, -0.1) is 0 Å². The lowest BCUT2D eigenvalue weighted by Gasteiger charge is -2.24. The maximum atomic E-state index is 5.32. The second-order valence-electron chi connectivity index (χ2n) is 11.9. The molecule has 2 aliphatic carbocycles. The summed E-state index contributed by atoms with van der Waals surface area (Å²) in [6, 6.07) is 43.6. The Morgan fingerprint density at radius 2 is 1.39 bits per heavy atom. The van der Waals surface area contributed by atoms with E-state index in [0.717, 1.165) is 40.6 Å². The Morgan fingerprint density at radius 3 is 2.27 bits per heavy atom. The molecule has 10 rings (SSSR count). The highest BCUT2D eigenvalue weighted by Crippen LogP contribution is 2.53. The Kier molecular flexibility index (Phi) is 4.86. The van der Waals surface area contributed by atoms with Crippen molar-refractivity contribution in [1.29, 1.82) is 0 Å². The van der Waals surface area contributed by atoms with E-state index in [4.69, 9.17) is 15.0 Å². The van der Waals surface area contributed by atoms with Crippen molar-refractivity contribution in [2.45, 2.75) is 18.8 Å². The zero-order chi connectivity index (χ0) is 28.8. The minimum absolute atomic E-state index is 0.354.